The summed E-state index contributed by atoms with van der Waals surface area (Å²) in [5, 5.41) is 3.34. The molecule has 0 bridgehead atoms. The first-order valence-corrected chi connectivity index (χ1v) is 7.87. The van der Waals surface area contributed by atoms with Crippen LogP contribution in [-0.2, 0) is 0 Å². The summed E-state index contributed by atoms with van der Waals surface area (Å²) < 4.78 is 26.8. The zero-order valence-corrected chi connectivity index (χ0v) is 13.3. The summed E-state index contributed by atoms with van der Waals surface area (Å²) in [4.78, 5) is 2.48. The molecule has 0 aromatic heterocycles. The van der Waals surface area contributed by atoms with E-state index in [1.807, 2.05) is 6.92 Å². The SMILES string of the molecule is CCNC(CCN1CCCC1(C)C)c1cc(F)cc(F)c1. The average molecular weight is 296 g/mol. The number of rotatable bonds is 6. The number of halogens is 2. The van der Waals surface area contributed by atoms with E-state index in [1.165, 1.54) is 25.0 Å². The lowest BCUT2D eigenvalue weighted by Gasteiger charge is -2.33. The molecule has 2 rings (SSSR count). The summed E-state index contributed by atoms with van der Waals surface area (Å²) in [5.41, 5.74) is 0.940. The van der Waals surface area contributed by atoms with Crippen LogP contribution in [0, 0.1) is 11.6 Å². The first-order chi connectivity index (χ1) is 9.92. The van der Waals surface area contributed by atoms with Gasteiger partial charge in [-0.3, -0.25) is 4.90 Å². The molecule has 1 heterocycles. The van der Waals surface area contributed by atoms with Gasteiger partial charge in [-0.15, -0.1) is 0 Å². The van der Waals surface area contributed by atoms with Gasteiger partial charge in [0.2, 0.25) is 0 Å². The molecule has 1 saturated heterocycles. The quantitative estimate of drug-likeness (QED) is 0.857. The number of likely N-dealkylation sites (tertiary alicyclic amines) is 1. The van der Waals surface area contributed by atoms with Crippen LogP contribution >= 0.6 is 0 Å². The lowest BCUT2D eigenvalue weighted by molar-refractivity contribution is 0.166. The van der Waals surface area contributed by atoms with Crippen LogP contribution in [0.4, 0.5) is 8.78 Å². The van der Waals surface area contributed by atoms with Crippen molar-refractivity contribution in [1.29, 1.82) is 0 Å². The molecule has 0 amide bonds. The van der Waals surface area contributed by atoms with Crippen molar-refractivity contribution in [1.82, 2.24) is 10.2 Å². The van der Waals surface area contributed by atoms with Gasteiger partial charge in [-0.2, -0.15) is 0 Å². The molecule has 2 nitrogen and oxygen atoms in total. The van der Waals surface area contributed by atoms with E-state index in [1.54, 1.807) is 0 Å². The monoisotopic (exact) mass is 296 g/mol. The predicted molar refractivity (Wildman–Crippen MR) is 82.3 cm³/mol. The summed E-state index contributed by atoms with van der Waals surface area (Å²) >= 11 is 0. The molecule has 4 heteroatoms. The summed E-state index contributed by atoms with van der Waals surface area (Å²) in [5.74, 6) is -1.01. The topological polar surface area (TPSA) is 15.3 Å². The molecular weight excluding hydrogens is 270 g/mol. The van der Waals surface area contributed by atoms with E-state index in [0.29, 0.717) is 5.56 Å². The van der Waals surface area contributed by atoms with E-state index >= 15 is 0 Å². The highest BCUT2D eigenvalue weighted by atomic mass is 19.1. The molecule has 0 spiro atoms. The van der Waals surface area contributed by atoms with Crippen LogP contribution in [0.3, 0.4) is 0 Å². The van der Waals surface area contributed by atoms with Gasteiger partial charge in [0.25, 0.3) is 0 Å². The summed E-state index contributed by atoms with van der Waals surface area (Å²) in [7, 11) is 0. The van der Waals surface area contributed by atoms with E-state index in [2.05, 4.69) is 24.1 Å². The van der Waals surface area contributed by atoms with Crippen molar-refractivity contribution in [2.45, 2.75) is 51.6 Å². The Hall–Kier alpha value is -1.00. The first kappa shape index (κ1) is 16.4. The number of hydrogen-bond acceptors (Lipinski definition) is 2. The fourth-order valence-corrected chi connectivity index (χ4v) is 3.27. The van der Waals surface area contributed by atoms with Gasteiger partial charge in [0.05, 0.1) is 0 Å². The summed E-state index contributed by atoms with van der Waals surface area (Å²) in [6, 6.07) is 3.80. The normalized spacial score (nSPS) is 19.9. The highest BCUT2D eigenvalue weighted by molar-refractivity contribution is 5.21. The predicted octanol–water partition coefficient (Wildman–Crippen LogP) is 3.88. The van der Waals surface area contributed by atoms with E-state index in [9.17, 15) is 8.78 Å². The van der Waals surface area contributed by atoms with Crippen LogP contribution in [-0.4, -0.2) is 30.1 Å². The van der Waals surface area contributed by atoms with E-state index < -0.39 is 11.6 Å². The number of benzene rings is 1. The fourth-order valence-electron chi connectivity index (χ4n) is 3.27. The van der Waals surface area contributed by atoms with Crippen molar-refractivity contribution in [2.75, 3.05) is 19.6 Å². The Morgan fingerprint density at radius 3 is 2.43 bits per heavy atom. The third kappa shape index (κ3) is 4.24. The molecule has 0 aliphatic carbocycles. The van der Waals surface area contributed by atoms with Crippen molar-refractivity contribution in [3.05, 3.63) is 35.4 Å². The largest absolute Gasteiger partial charge is 0.310 e. The molecule has 1 unspecified atom stereocenters. The lowest BCUT2D eigenvalue weighted by Crippen LogP contribution is -2.40. The Labute approximate surface area is 126 Å². The molecule has 0 saturated carbocycles. The van der Waals surface area contributed by atoms with Crippen molar-refractivity contribution in [3.63, 3.8) is 0 Å². The fraction of sp³-hybridized carbons (Fsp3) is 0.647. The van der Waals surface area contributed by atoms with Gasteiger partial charge < -0.3 is 5.32 Å². The molecule has 1 aromatic carbocycles. The Morgan fingerprint density at radius 2 is 1.90 bits per heavy atom. The molecule has 1 fully saturated rings. The van der Waals surface area contributed by atoms with Gasteiger partial charge in [-0.05, 0) is 63.9 Å². The van der Waals surface area contributed by atoms with Gasteiger partial charge in [0.1, 0.15) is 11.6 Å². The maximum atomic E-state index is 13.4. The number of hydrogen-bond donors (Lipinski definition) is 1. The summed E-state index contributed by atoms with van der Waals surface area (Å²) in [6.45, 7) is 9.40. The number of nitrogens with zero attached hydrogens (tertiary/aromatic N) is 1. The second-order valence-corrected chi connectivity index (χ2v) is 6.50. The van der Waals surface area contributed by atoms with E-state index in [4.69, 9.17) is 0 Å². The van der Waals surface area contributed by atoms with Crippen LogP contribution in [0.5, 0.6) is 0 Å². The van der Waals surface area contributed by atoms with Crippen molar-refractivity contribution in [2.24, 2.45) is 0 Å². The van der Waals surface area contributed by atoms with Gasteiger partial charge in [-0.25, -0.2) is 8.78 Å². The minimum Gasteiger partial charge on any atom is -0.310 e. The smallest absolute Gasteiger partial charge is 0.126 e. The zero-order valence-electron chi connectivity index (χ0n) is 13.3. The van der Waals surface area contributed by atoms with Crippen LogP contribution < -0.4 is 5.32 Å². The van der Waals surface area contributed by atoms with E-state index in [-0.39, 0.29) is 11.6 Å². The first-order valence-electron chi connectivity index (χ1n) is 7.87. The van der Waals surface area contributed by atoms with Crippen LogP contribution in [0.15, 0.2) is 18.2 Å². The Morgan fingerprint density at radius 1 is 1.24 bits per heavy atom. The third-order valence-electron chi connectivity index (χ3n) is 4.50. The molecule has 1 aliphatic rings. The van der Waals surface area contributed by atoms with Crippen LogP contribution in [0.2, 0.25) is 0 Å². The maximum absolute atomic E-state index is 13.4. The van der Waals surface area contributed by atoms with Gasteiger partial charge in [0, 0.05) is 24.2 Å². The lowest BCUT2D eigenvalue weighted by atomic mass is 9.99. The van der Waals surface area contributed by atoms with Crippen molar-refractivity contribution >= 4 is 0 Å². The average Bonchev–Trinajstić information content (AvgIpc) is 2.72. The molecule has 0 radical (unpaired) electrons. The second kappa shape index (κ2) is 6.84. The Bertz CT molecular complexity index is 454. The number of nitrogens with one attached hydrogen (secondary N) is 1. The van der Waals surface area contributed by atoms with Crippen LogP contribution in [0.1, 0.15) is 51.6 Å². The second-order valence-electron chi connectivity index (χ2n) is 6.50. The third-order valence-corrected chi connectivity index (χ3v) is 4.50. The Balaban J connectivity index is 2.05. The summed E-state index contributed by atoms with van der Waals surface area (Å²) in [6.07, 6.45) is 3.31. The molecular formula is C17H26F2N2. The zero-order chi connectivity index (χ0) is 15.5. The highest BCUT2D eigenvalue weighted by Gasteiger charge is 2.31. The maximum Gasteiger partial charge on any atom is 0.126 e. The molecule has 118 valence electrons. The van der Waals surface area contributed by atoms with Gasteiger partial charge >= 0.3 is 0 Å². The van der Waals surface area contributed by atoms with Crippen molar-refractivity contribution < 1.29 is 8.78 Å². The van der Waals surface area contributed by atoms with Crippen LogP contribution in [0.25, 0.3) is 0 Å². The Kier molecular flexibility index (Phi) is 5.33. The molecule has 1 N–H and O–H groups in total. The molecule has 21 heavy (non-hydrogen) atoms. The van der Waals surface area contributed by atoms with Gasteiger partial charge in [-0.1, -0.05) is 6.92 Å². The molecule has 1 aromatic rings. The van der Waals surface area contributed by atoms with Crippen molar-refractivity contribution in [3.8, 4) is 0 Å². The van der Waals surface area contributed by atoms with E-state index in [0.717, 1.165) is 32.1 Å². The standard InChI is InChI=1S/C17H26F2N2/c1-4-20-16(13-10-14(18)12-15(19)11-13)6-9-21-8-5-7-17(21,2)3/h10-12,16,20H,4-9H2,1-3H3. The van der Waals surface area contributed by atoms with Gasteiger partial charge in [0.15, 0.2) is 0 Å². The molecule has 1 atom stereocenters. The highest BCUT2D eigenvalue weighted by Crippen LogP contribution is 2.29. The molecule has 1 aliphatic heterocycles. The minimum absolute atomic E-state index is 0.00315. The minimum atomic E-state index is -0.505.